The number of benzene rings is 1. The van der Waals surface area contributed by atoms with Gasteiger partial charge in [0, 0.05) is 5.56 Å². The lowest BCUT2D eigenvalue weighted by molar-refractivity contribution is 0.0973. The van der Waals surface area contributed by atoms with Gasteiger partial charge in [0.15, 0.2) is 0 Å². The van der Waals surface area contributed by atoms with Gasteiger partial charge in [-0.25, -0.2) is 4.98 Å². The zero-order valence-electron chi connectivity index (χ0n) is 10.5. The molecule has 18 heavy (non-hydrogen) atoms. The number of carbonyl (C=O) groups is 1. The summed E-state index contributed by atoms with van der Waals surface area (Å²) in [5, 5.41) is 0. The number of oxazole rings is 1. The fraction of sp³-hybridized carbons (Fsp3) is 0.286. The van der Waals surface area contributed by atoms with Gasteiger partial charge in [0.2, 0.25) is 11.7 Å². The number of carbonyl (C=O) groups excluding carboxylic acids is 1. The van der Waals surface area contributed by atoms with E-state index in [9.17, 15) is 4.79 Å². The normalized spacial score (nSPS) is 10.8. The molecule has 0 saturated carbocycles. The molecule has 0 bridgehead atoms. The number of nitrogens with zero attached hydrogens (tertiary/aromatic N) is 1. The Bertz CT molecular complexity index is 544. The molecule has 0 atom stereocenters. The van der Waals surface area contributed by atoms with Crippen molar-refractivity contribution in [2.45, 2.75) is 20.3 Å². The van der Waals surface area contributed by atoms with Crippen LogP contribution in [0.4, 0.5) is 0 Å². The van der Waals surface area contributed by atoms with Gasteiger partial charge in [-0.1, -0.05) is 32.0 Å². The standard InChI is InChI=1S/C14H16N2O2/c1-9(2)8-11-12(13(15)17)18-14(16-11)10-6-4-3-5-7-10/h3-7,9H,8H2,1-2H3,(H2,15,17). The highest BCUT2D eigenvalue weighted by Crippen LogP contribution is 2.23. The molecule has 1 heterocycles. The first kappa shape index (κ1) is 12.4. The van der Waals surface area contributed by atoms with Crippen molar-refractivity contribution in [1.29, 1.82) is 0 Å². The van der Waals surface area contributed by atoms with Gasteiger partial charge in [-0.15, -0.1) is 0 Å². The van der Waals surface area contributed by atoms with Crippen LogP contribution < -0.4 is 5.73 Å². The van der Waals surface area contributed by atoms with Crippen molar-refractivity contribution in [3.8, 4) is 11.5 Å². The predicted octanol–water partition coefficient (Wildman–Crippen LogP) is 2.64. The number of amides is 1. The molecule has 0 aliphatic rings. The van der Waals surface area contributed by atoms with Crippen molar-refractivity contribution >= 4 is 5.91 Å². The minimum absolute atomic E-state index is 0.169. The van der Waals surface area contributed by atoms with Crippen molar-refractivity contribution < 1.29 is 9.21 Å². The van der Waals surface area contributed by atoms with Crippen LogP contribution in [0.5, 0.6) is 0 Å². The largest absolute Gasteiger partial charge is 0.431 e. The Kier molecular flexibility index (Phi) is 3.46. The molecule has 0 saturated heterocycles. The number of primary amides is 1. The minimum atomic E-state index is -0.569. The average Bonchev–Trinajstić information content (AvgIpc) is 2.73. The molecule has 4 nitrogen and oxygen atoms in total. The second-order valence-electron chi connectivity index (χ2n) is 4.62. The number of hydrogen-bond donors (Lipinski definition) is 1. The van der Waals surface area contributed by atoms with E-state index in [0.29, 0.717) is 23.9 Å². The van der Waals surface area contributed by atoms with E-state index >= 15 is 0 Å². The van der Waals surface area contributed by atoms with E-state index in [1.54, 1.807) is 0 Å². The Morgan fingerprint density at radius 3 is 2.56 bits per heavy atom. The molecule has 0 unspecified atom stereocenters. The third-order valence-electron chi connectivity index (χ3n) is 2.54. The molecule has 1 aromatic carbocycles. The van der Waals surface area contributed by atoms with Crippen molar-refractivity contribution in [2.24, 2.45) is 11.7 Å². The van der Waals surface area contributed by atoms with Gasteiger partial charge in [-0.3, -0.25) is 4.79 Å². The van der Waals surface area contributed by atoms with Crippen LogP contribution in [0.3, 0.4) is 0 Å². The van der Waals surface area contributed by atoms with E-state index in [0.717, 1.165) is 5.56 Å². The predicted molar refractivity (Wildman–Crippen MR) is 69.0 cm³/mol. The molecule has 0 spiro atoms. The van der Waals surface area contributed by atoms with Crippen molar-refractivity contribution in [2.75, 3.05) is 0 Å². The molecular formula is C14H16N2O2. The first-order chi connectivity index (χ1) is 8.58. The summed E-state index contributed by atoms with van der Waals surface area (Å²) in [5.74, 6) is 0.430. The highest BCUT2D eigenvalue weighted by molar-refractivity contribution is 5.91. The Hall–Kier alpha value is -2.10. The molecule has 1 aromatic heterocycles. The Balaban J connectivity index is 2.42. The van der Waals surface area contributed by atoms with Crippen LogP contribution in [-0.4, -0.2) is 10.9 Å². The second-order valence-corrected chi connectivity index (χ2v) is 4.62. The van der Waals surface area contributed by atoms with Gasteiger partial charge in [0.1, 0.15) is 0 Å². The summed E-state index contributed by atoms with van der Waals surface area (Å²) in [5.41, 5.74) is 6.79. The number of nitrogens with two attached hydrogens (primary N) is 1. The molecule has 2 aromatic rings. The zero-order valence-corrected chi connectivity index (χ0v) is 10.5. The van der Waals surface area contributed by atoms with Gasteiger partial charge in [0.25, 0.3) is 5.91 Å². The molecule has 0 aliphatic heterocycles. The molecule has 4 heteroatoms. The van der Waals surface area contributed by atoms with Crippen LogP contribution in [0, 0.1) is 5.92 Å². The minimum Gasteiger partial charge on any atom is -0.431 e. The monoisotopic (exact) mass is 244 g/mol. The lowest BCUT2D eigenvalue weighted by Gasteiger charge is -2.00. The lowest BCUT2D eigenvalue weighted by Crippen LogP contribution is -2.13. The highest BCUT2D eigenvalue weighted by atomic mass is 16.4. The Morgan fingerprint density at radius 2 is 2.00 bits per heavy atom. The molecule has 2 rings (SSSR count). The fourth-order valence-electron chi connectivity index (χ4n) is 1.77. The molecule has 0 radical (unpaired) electrons. The van der Waals surface area contributed by atoms with Crippen LogP contribution in [0.1, 0.15) is 30.1 Å². The van der Waals surface area contributed by atoms with E-state index in [2.05, 4.69) is 18.8 Å². The third kappa shape index (κ3) is 2.59. The maximum Gasteiger partial charge on any atom is 0.286 e. The van der Waals surface area contributed by atoms with Crippen LogP contribution in [0.2, 0.25) is 0 Å². The molecule has 2 N–H and O–H groups in total. The molecular weight excluding hydrogens is 228 g/mol. The second kappa shape index (κ2) is 5.04. The van der Waals surface area contributed by atoms with Gasteiger partial charge < -0.3 is 10.2 Å². The van der Waals surface area contributed by atoms with Crippen LogP contribution in [0.25, 0.3) is 11.5 Å². The van der Waals surface area contributed by atoms with Gasteiger partial charge >= 0.3 is 0 Å². The van der Waals surface area contributed by atoms with E-state index in [1.165, 1.54) is 0 Å². The van der Waals surface area contributed by atoms with Gasteiger partial charge in [-0.2, -0.15) is 0 Å². The summed E-state index contributed by atoms with van der Waals surface area (Å²) in [7, 11) is 0. The SMILES string of the molecule is CC(C)Cc1nc(-c2ccccc2)oc1C(N)=O. The van der Waals surface area contributed by atoms with Crippen LogP contribution in [-0.2, 0) is 6.42 Å². The first-order valence-electron chi connectivity index (χ1n) is 5.93. The maximum absolute atomic E-state index is 11.3. The Morgan fingerprint density at radius 1 is 1.33 bits per heavy atom. The summed E-state index contributed by atoms with van der Waals surface area (Å²) < 4.78 is 5.48. The third-order valence-corrected chi connectivity index (χ3v) is 2.54. The van der Waals surface area contributed by atoms with Crippen LogP contribution in [0.15, 0.2) is 34.7 Å². The van der Waals surface area contributed by atoms with Crippen LogP contribution >= 0.6 is 0 Å². The van der Waals surface area contributed by atoms with Gasteiger partial charge in [-0.05, 0) is 24.5 Å². The van der Waals surface area contributed by atoms with Crippen molar-refractivity contribution in [3.05, 3.63) is 41.8 Å². The van der Waals surface area contributed by atoms with Gasteiger partial charge in [0.05, 0.1) is 5.69 Å². The maximum atomic E-state index is 11.3. The highest BCUT2D eigenvalue weighted by Gasteiger charge is 2.19. The quantitative estimate of drug-likeness (QED) is 0.898. The van der Waals surface area contributed by atoms with E-state index < -0.39 is 5.91 Å². The summed E-state index contributed by atoms with van der Waals surface area (Å²) >= 11 is 0. The number of rotatable bonds is 4. The lowest BCUT2D eigenvalue weighted by atomic mass is 10.1. The molecule has 94 valence electrons. The van der Waals surface area contributed by atoms with E-state index in [-0.39, 0.29) is 5.76 Å². The summed E-state index contributed by atoms with van der Waals surface area (Å²) in [6.07, 6.45) is 0.675. The van der Waals surface area contributed by atoms with Crippen molar-refractivity contribution in [1.82, 2.24) is 4.98 Å². The molecule has 1 amide bonds. The van der Waals surface area contributed by atoms with E-state index in [4.69, 9.17) is 10.2 Å². The van der Waals surface area contributed by atoms with Crippen molar-refractivity contribution in [3.63, 3.8) is 0 Å². The average molecular weight is 244 g/mol. The first-order valence-corrected chi connectivity index (χ1v) is 5.93. The topological polar surface area (TPSA) is 69.1 Å². The summed E-state index contributed by atoms with van der Waals surface area (Å²) in [4.78, 5) is 15.7. The number of aromatic nitrogens is 1. The zero-order chi connectivity index (χ0) is 13.1. The summed E-state index contributed by atoms with van der Waals surface area (Å²) in [6.45, 7) is 4.11. The molecule has 0 fully saturated rings. The Labute approximate surface area is 106 Å². The number of hydrogen-bond acceptors (Lipinski definition) is 3. The molecule has 0 aliphatic carbocycles. The smallest absolute Gasteiger partial charge is 0.286 e. The fourth-order valence-corrected chi connectivity index (χ4v) is 1.77. The van der Waals surface area contributed by atoms with E-state index in [1.807, 2.05) is 30.3 Å². The summed E-state index contributed by atoms with van der Waals surface area (Å²) in [6, 6.07) is 9.47.